The molecule has 3 N–H and O–H groups in total. The van der Waals surface area contributed by atoms with Gasteiger partial charge in [-0.2, -0.15) is 0 Å². The summed E-state index contributed by atoms with van der Waals surface area (Å²) in [6.07, 6.45) is 3.18. The molecule has 14 nitrogen and oxygen atoms in total. The summed E-state index contributed by atoms with van der Waals surface area (Å²) < 4.78 is 21.5. The number of amides is 5. The second-order valence-electron chi connectivity index (χ2n) is 9.69. The molecule has 3 atom stereocenters. The number of nitrogens with one attached hydrogen (secondary N) is 3. The molecule has 0 aromatic heterocycles. The molecule has 0 aromatic carbocycles. The molecule has 0 aromatic rings. The lowest BCUT2D eigenvalue weighted by atomic mass is 9.98. The number of carbonyl (C=O) groups excluding carboxylic acids is 6. The summed E-state index contributed by atoms with van der Waals surface area (Å²) in [5.41, 5.74) is 0. The van der Waals surface area contributed by atoms with Gasteiger partial charge in [-0.15, -0.1) is 0 Å². The standard InChI is InChI=1S/C28H46N4O10/c1-5-20(2)27(37)21(3)31-28(38)22(4)30-24(34)9-12-39-14-16-41-18-19-42-17-15-40-13-10-29-23(33)8-11-32-25(35)6-7-26(32)36/h6-7,20-22H,5,8-19H2,1-4H3,(H,29,33)(H,30,34)(H,31,38)/t20?,21-,22-/m0/s1. The molecule has 0 saturated carbocycles. The van der Waals surface area contributed by atoms with Gasteiger partial charge in [-0.05, 0) is 20.3 Å². The Balaban J connectivity index is 1.90. The summed E-state index contributed by atoms with van der Waals surface area (Å²) in [5.74, 6) is -2.02. The lowest BCUT2D eigenvalue weighted by Crippen LogP contribution is -2.50. The van der Waals surface area contributed by atoms with Gasteiger partial charge in [-0.1, -0.05) is 13.8 Å². The van der Waals surface area contributed by atoms with Gasteiger partial charge in [0, 0.05) is 44.0 Å². The number of nitrogens with zero attached hydrogens (tertiary/aromatic N) is 1. The molecule has 0 aliphatic carbocycles. The number of ketones is 1. The fourth-order valence-electron chi connectivity index (χ4n) is 3.56. The molecule has 0 bridgehead atoms. The third kappa shape index (κ3) is 15.7. The molecule has 1 heterocycles. The molecule has 0 radical (unpaired) electrons. The average Bonchev–Trinajstić information content (AvgIpc) is 3.29. The second kappa shape index (κ2) is 21.5. The minimum atomic E-state index is -0.769. The van der Waals surface area contributed by atoms with Crippen LogP contribution in [-0.2, 0) is 47.7 Å². The molecule has 0 spiro atoms. The number of carbonyl (C=O) groups is 6. The van der Waals surface area contributed by atoms with Gasteiger partial charge < -0.3 is 34.9 Å². The highest BCUT2D eigenvalue weighted by atomic mass is 16.6. The Labute approximate surface area is 247 Å². The van der Waals surface area contributed by atoms with Crippen LogP contribution in [0.1, 0.15) is 47.0 Å². The molecule has 1 rings (SSSR count). The molecule has 1 unspecified atom stereocenters. The first-order valence-corrected chi connectivity index (χ1v) is 14.3. The van der Waals surface area contributed by atoms with Gasteiger partial charge in [-0.3, -0.25) is 33.7 Å². The molecule has 0 fully saturated rings. The minimum absolute atomic E-state index is 0.0329. The lowest BCUT2D eigenvalue weighted by molar-refractivity contribution is -0.137. The van der Waals surface area contributed by atoms with Gasteiger partial charge >= 0.3 is 0 Å². The van der Waals surface area contributed by atoms with Gasteiger partial charge in [-0.25, -0.2) is 0 Å². The Hall–Kier alpha value is -3.20. The van der Waals surface area contributed by atoms with Crippen LogP contribution < -0.4 is 16.0 Å². The van der Waals surface area contributed by atoms with Crippen molar-refractivity contribution in [2.45, 2.75) is 59.0 Å². The van der Waals surface area contributed by atoms with Crippen LogP contribution >= 0.6 is 0 Å². The molecule has 42 heavy (non-hydrogen) atoms. The molecule has 1 aliphatic heterocycles. The van der Waals surface area contributed by atoms with E-state index in [1.54, 1.807) is 13.8 Å². The minimum Gasteiger partial charge on any atom is -0.379 e. The van der Waals surface area contributed by atoms with Crippen LogP contribution in [0.4, 0.5) is 0 Å². The highest BCUT2D eigenvalue weighted by Gasteiger charge is 2.24. The summed E-state index contributed by atoms with van der Waals surface area (Å²) in [6.45, 7) is 9.82. The summed E-state index contributed by atoms with van der Waals surface area (Å²) in [6, 6.07) is -1.38. The van der Waals surface area contributed by atoms with E-state index >= 15 is 0 Å². The van der Waals surface area contributed by atoms with E-state index < -0.39 is 29.8 Å². The Kier molecular flexibility index (Phi) is 18.8. The highest BCUT2D eigenvalue weighted by Crippen LogP contribution is 2.06. The van der Waals surface area contributed by atoms with Crippen molar-refractivity contribution in [1.29, 1.82) is 0 Å². The first-order valence-electron chi connectivity index (χ1n) is 14.3. The topological polar surface area (TPSA) is 179 Å². The van der Waals surface area contributed by atoms with Crippen LogP contribution in [0.25, 0.3) is 0 Å². The fourth-order valence-corrected chi connectivity index (χ4v) is 3.56. The van der Waals surface area contributed by atoms with Crippen molar-refractivity contribution in [3.8, 4) is 0 Å². The van der Waals surface area contributed by atoms with Crippen molar-refractivity contribution in [2.75, 3.05) is 65.9 Å². The Morgan fingerprint density at radius 2 is 1.24 bits per heavy atom. The van der Waals surface area contributed by atoms with E-state index in [0.29, 0.717) is 59.2 Å². The van der Waals surface area contributed by atoms with Gasteiger partial charge in [0.05, 0.1) is 58.9 Å². The highest BCUT2D eigenvalue weighted by molar-refractivity contribution is 6.13. The van der Waals surface area contributed by atoms with E-state index in [4.69, 9.17) is 18.9 Å². The first-order chi connectivity index (χ1) is 20.1. The van der Waals surface area contributed by atoms with Crippen molar-refractivity contribution in [3.63, 3.8) is 0 Å². The quantitative estimate of drug-likeness (QED) is 0.0969. The Morgan fingerprint density at radius 1 is 0.714 bits per heavy atom. The normalized spacial score (nSPS) is 14.9. The SMILES string of the molecule is CCC(C)C(=O)[C@H](C)NC(=O)[C@H](C)NC(=O)CCOCCOCCOCCOCCNC(=O)CCN1C(=O)C=CC1=O. The van der Waals surface area contributed by atoms with E-state index in [2.05, 4.69) is 16.0 Å². The molecule has 5 amide bonds. The third-order valence-electron chi connectivity index (χ3n) is 6.28. The molecule has 238 valence electrons. The van der Waals surface area contributed by atoms with E-state index in [0.717, 1.165) is 4.90 Å². The number of rotatable bonds is 24. The molecular formula is C28H46N4O10. The number of ether oxygens (including phenoxy) is 4. The zero-order chi connectivity index (χ0) is 31.3. The van der Waals surface area contributed by atoms with Crippen LogP contribution in [0.5, 0.6) is 0 Å². The van der Waals surface area contributed by atoms with Crippen LogP contribution in [-0.4, -0.2) is 118 Å². The molecular weight excluding hydrogens is 552 g/mol. The summed E-state index contributed by atoms with van der Waals surface area (Å²) >= 11 is 0. The fraction of sp³-hybridized carbons (Fsp3) is 0.714. The van der Waals surface area contributed by atoms with Crippen molar-refractivity contribution in [1.82, 2.24) is 20.9 Å². The molecule has 14 heteroatoms. The van der Waals surface area contributed by atoms with Crippen LogP contribution in [0.3, 0.4) is 0 Å². The average molecular weight is 599 g/mol. The van der Waals surface area contributed by atoms with E-state index in [1.807, 2.05) is 13.8 Å². The van der Waals surface area contributed by atoms with Crippen molar-refractivity contribution < 1.29 is 47.7 Å². The molecule has 1 aliphatic rings. The third-order valence-corrected chi connectivity index (χ3v) is 6.28. The zero-order valence-corrected chi connectivity index (χ0v) is 25.1. The smallest absolute Gasteiger partial charge is 0.253 e. The van der Waals surface area contributed by atoms with Crippen molar-refractivity contribution in [2.24, 2.45) is 5.92 Å². The Bertz CT molecular complexity index is 908. The van der Waals surface area contributed by atoms with E-state index in [9.17, 15) is 28.8 Å². The predicted octanol–water partition coefficient (Wildman–Crippen LogP) is -0.501. The maximum atomic E-state index is 12.2. The summed E-state index contributed by atoms with van der Waals surface area (Å²) in [5, 5.41) is 7.88. The predicted molar refractivity (Wildman–Crippen MR) is 151 cm³/mol. The van der Waals surface area contributed by atoms with E-state index in [1.165, 1.54) is 12.2 Å². The van der Waals surface area contributed by atoms with Crippen LogP contribution in [0, 0.1) is 5.92 Å². The number of hydrogen-bond acceptors (Lipinski definition) is 10. The monoisotopic (exact) mass is 598 g/mol. The molecule has 0 saturated heterocycles. The lowest BCUT2D eigenvalue weighted by Gasteiger charge is -2.20. The van der Waals surface area contributed by atoms with Crippen LogP contribution in [0.2, 0.25) is 0 Å². The Morgan fingerprint density at radius 3 is 1.79 bits per heavy atom. The second-order valence-corrected chi connectivity index (χ2v) is 9.69. The summed E-state index contributed by atoms with van der Waals surface area (Å²) in [7, 11) is 0. The van der Waals surface area contributed by atoms with Gasteiger partial charge in [0.25, 0.3) is 11.8 Å². The van der Waals surface area contributed by atoms with Gasteiger partial charge in [0.2, 0.25) is 17.7 Å². The van der Waals surface area contributed by atoms with Crippen LogP contribution in [0.15, 0.2) is 12.2 Å². The largest absolute Gasteiger partial charge is 0.379 e. The number of Topliss-reactive ketones (excluding diaryl/α,β-unsaturated/α-hetero) is 1. The number of imide groups is 1. The van der Waals surface area contributed by atoms with Crippen molar-refractivity contribution in [3.05, 3.63) is 12.2 Å². The first kappa shape index (κ1) is 36.8. The maximum absolute atomic E-state index is 12.2. The zero-order valence-electron chi connectivity index (χ0n) is 25.1. The van der Waals surface area contributed by atoms with E-state index in [-0.39, 0.29) is 49.5 Å². The van der Waals surface area contributed by atoms with Gasteiger partial charge in [0.1, 0.15) is 6.04 Å². The van der Waals surface area contributed by atoms with Crippen molar-refractivity contribution >= 4 is 35.3 Å². The maximum Gasteiger partial charge on any atom is 0.253 e. The van der Waals surface area contributed by atoms with Gasteiger partial charge in [0.15, 0.2) is 5.78 Å². The number of hydrogen-bond donors (Lipinski definition) is 3. The summed E-state index contributed by atoms with van der Waals surface area (Å²) in [4.78, 5) is 72.0.